The van der Waals surface area contributed by atoms with Crippen LogP contribution in [0.1, 0.15) is 24.8 Å². The summed E-state index contributed by atoms with van der Waals surface area (Å²) in [7, 11) is 0. The van der Waals surface area contributed by atoms with Crippen LogP contribution in [0.25, 0.3) is 0 Å². The molecule has 1 fully saturated rings. The Morgan fingerprint density at radius 2 is 2.09 bits per heavy atom. The van der Waals surface area contributed by atoms with Gasteiger partial charge in [-0.05, 0) is 38.3 Å². The number of carbonyl (C=O) groups is 1. The lowest BCUT2D eigenvalue weighted by Crippen LogP contribution is -2.36. The van der Waals surface area contributed by atoms with Crippen LogP contribution in [0.15, 0.2) is 24.3 Å². The number of amides is 1. The van der Waals surface area contributed by atoms with Gasteiger partial charge in [0.05, 0.1) is 12.7 Å². The van der Waals surface area contributed by atoms with Gasteiger partial charge in [0, 0.05) is 13.1 Å². The van der Waals surface area contributed by atoms with E-state index in [0.29, 0.717) is 19.7 Å². The van der Waals surface area contributed by atoms with Crippen molar-refractivity contribution in [2.45, 2.75) is 38.4 Å². The monoisotopic (exact) mass is 328 g/mol. The predicted octanol–water partition coefficient (Wildman–Crippen LogP) is 1.81. The van der Waals surface area contributed by atoms with Gasteiger partial charge >= 0.3 is 0 Å². The van der Waals surface area contributed by atoms with E-state index in [1.165, 1.54) is 5.56 Å². The fourth-order valence-corrected chi connectivity index (χ4v) is 2.29. The molecule has 1 saturated heterocycles. The molecule has 0 unspecified atom stereocenters. The summed E-state index contributed by atoms with van der Waals surface area (Å²) in [5, 5.41) is 2.88. The summed E-state index contributed by atoms with van der Waals surface area (Å²) in [6, 6.07) is 7.94. The van der Waals surface area contributed by atoms with E-state index in [4.69, 9.17) is 15.2 Å². The lowest BCUT2D eigenvalue weighted by Gasteiger charge is -2.13. The standard InChI is InChI=1S/C16H24N2O3.ClH/c1-12-3-5-13(6-4-12)20-10-2-9-18-16(19)15-8-7-14(11-17)21-15;/h3-6,14-15H,2,7-11,17H2,1H3,(H,18,19);1H/t14-,15+;/m1./s1. The lowest BCUT2D eigenvalue weighted by atomic mass is 10.2. The zero-order valence-corrected chi connectivity index (χ0v) is 13.7. The zero-order chi connectivity index (χ0) is 15.1. The van der Waals surface area contributed by atoms with Gasteiger partial charge < -0.3 is 20.5 Å². The molecule has 2 atom stereocenters. The maximum absolute atomic E-state index is 11.9. The summed E-state index contributed by atoms with van der Waals surface area (Å²) in [5.41, 5.74) is 6.74. The first-order chi connectivity index (χ1) is 10.2. The zero-order valence-electron chi connectivity index (χ0n) is 12.9. The van der Waals surface area contributed by atoms with E-state index >= 15 is 0 Å². The predicted molar refractivity (Wildman–Crippen MR) is 88.5 cm³/mol. The third kappa shape index (κ3) is 5.83. The van der Waals surface area contributed by atoms with E-state index < -0.39 is 0 Å². The number of aryl methyl sites for hydroxylation is 1. The number of nitrogens with two attached hydrogens (primary N) is 1. The molecule has 1 aromatic carbocycles. The van der Waals surface area contributed by atoms with E-state index in [1.54, 1.807) is 0 Å². The minimum atomic E-state index is -0.337. The van der Waals surface area contributed by atoms with Gasteiger partial charge in [0.25, 0.3) is 0 Å². The van der Waals surface area contributed by atoms with Crippen molar-refractivity contribution in [2.24, 2.45) is 5.73 Å². The van der Waals surface area contributed by atoms with Crippen molar-refractivity contribution in [1.82, 2.24) is 5.32 Å². The molecule has 2 rings (SSSR count). The van der Waals surface area contributed by atoms with Gasteiger partial charge in [-0.3, -0.25) is 4.79 Å². The summed E-state index contributed by atoms with van der Waals surface area (Å²) in [5.74, 6) is 0.818. The smallest absolute Gasteiger partial charge is 0.249 e. The van der Waals surface area contributed by atoms with Crippen LogP contribution < -0.4 is 15.8 Å². The number of hydrogen-bond donors (Lipinski definition) is 2. The number of nitrogens with one attached hydrogen (secondary N) is 1. The topological polar surface area (TPSA) is 73.6 Å². The average Bonchev–Trinajstić information content (AvgIpc) is 2.98. The minimum absolute atomic E-state index is 0. The van der Waals surface area contributed by atoms with Crippen molar-refractivity contribution in [3.8, 4) is 5.75 Å². The molecule has 1 aliphatic heterocycles. The number of hydrogen-bond acceptors (Lipinski definition) is 4. The fourth-order valence-electron chi connectivity index (χ4n) is 2.29. The molecule has 3 N–H and O–H groups in total. The van der Waals surface area contributed by atoms with Crippen molar-refractivity contribution in [3.05, 3.63) is 29.8 Å². The maximum atomic E-state index is 11.9. The highest BCUT2D eigenvalue weighted by molar-refractivity contribution is 5.85. The first kappa shape index (κ1) is 18.7. The van der Waals surface area contributed by atoms with Gasteiger partial charge in [-0.15, -0.1) is 12.4 Å². The van der Waals surface area contributed by atoms with Gasteiger partial charge in [-0.25, -0.2) is 0 Å². The van der Waals surface area contributed by atoms with Crippen molar-refractivity contribution in [3.63, 3.8) is 0 Å². The van der Waals surface area contributed by atoms with Crippen molar-refractivity contribution in [1.29, 1.82) is 0 Å². The first-order valence-corrected chi connectivity index (χ1v) is 7.51. The molecule has 0 bridgehead atoms. The molecule has 0 saturated carbocycles. The number of rotatable bonds is 7. The van der Waals surface area contributed by atoms with E-state index in [2.05, 4.69) is 5.32 Å². The summed E-state index contributed by atoms with van der Waals surface area (Å²) in [6.45, 7) is 3.70. The van der Waals surface area contributed by atoms with Gasteiger partial charge in [0.15, 0.2) is 0 Å². The Bertz CT molecular complexity index is 453. The highest BCUT2D eigenvalue weighted by atomic mass is 35.5. The summed E-state index contributed by atoms with van der Waals surface area (Å²) in [6.07, 6.45) is 2.09. The summed E-state index contributed by atoms with van der Waals surface area (Å²) >= 11 is 0. The SMILES string of the molecule is Cc1ccc(OCCCNC(=O)[C@@H]2CC[C@H](CN)O2)cc1.Cl. The van der Waals surface area contributed by atoms with Crippen LogP contribution in [0.3, 0.4) is 0 Å². The van der Waals surface area contributed by atoms with E-state index in [1.807, 2.05) is 31.2 Å². The normalized spacial score (nSPS) is 20.3. The molecule has 0 spiro atoms. The van der Waals surface area contributed by atoms with Crippen LogP contribution in [0.2, 0.25) is 0 Å². The lowest BCUT2D eigenvalue weighted by molar-refractivity contribution is -0.131. The number of halogens is 1. The Labute approximate surface area is 138 Å². The molecule has 5 nitrogen and oxygen atoms in total. The third-order valence-corrected chi connectivity index (χ3v) is 3.57. The van der Waals surface area contributed by atoms with Gasteiger partial charge in [0.1, 0.15) is 11.9 Å². The largest absolute Gasteiger partial charge is 0.494 e. The number of ether oxygens (including phenoxy) is 2. The number of carbonyl (C=O) groups excluding carboxylic acids is 1. The Kier molecular flexibility index (Phi) is 8.24. The Balaban J connectivity index is 0.00000242. The second-order valence-corrected chi connectivity index (χ2v) is 5.37. The Morgan fingerprint density at radius 3 is 2.73 bits per heavy atom. The summed E-state index contributed by atoms with van der Waals surface area (Å²) in [4.78, 5) is 11.9. The number of benzene rings is 1. The molecule has 6 heteroatoms. The molecule has 22 heavy (non-hydrogen) atoms. The molecule has 1 heterocycles. The van der Waals surface area contributed by atoms with Gasteiger partial charge in [-0.1, -0.05) is 17.7 Å². The average molecular weight is 329 g/mol. The van der Waals surface area contributed by atoms with Crippen LogP contribution in [0.5, 0.6) is 5.75 Å². The Hall–Kier alpha value is -1.30. The Morgan fingerprint density at radius 1 is 1.36 bits per heavy atom. The highest BCUT2D eigenvalue weighted by Gasteiger charge is 2.29. The third-order valence-electron chi connectivity index (χ3n) is 3.57. The molecule has 124 valence electrons. The van der Waals surface area contributed by atoms with Gasteiger partial charge in [-0.2, -0.15) is 0 Å². The molecule has 1 aromatic rings. The molecular formula is C16H25ClN2O3. The maximum Gasteiger partial charge on any atom is 0.249 e. The molecule has 1 amide bonds. The molecule has 0 aromatic heterocycles. The molecule has 0 radical (unpaired) electrons. The van der Waals surface area contributed by atoms with E-state index in [-0.39, 0.29) is 30.5 Å². The molecule has 0 aliphatic carbocycles. The quantitative estimate of drug-likeness (QED) is 0.749. The second-order valence-electron chi connectivity index (χ2n) is 5.37. The van der Waals surface area contributed by atoms with Crippen LogP contribution in [-0.4, -0.2) is 37.8 Å². The van der Waals surface area contributed by atoms with Crippen molar-refractivity contribution in [2.75, 3.05) is 19.7 Å². The van der Waals surface area contributed by atoms with E-state index in [9.17, 15) is 4.79 Å². The fraction of sp³-hybridized carbons (Fsp3) is 0.562. The van der Waals surface area contributed by atoms with Crippen LogP contribution >= 0.6 is 12.4 Å². The van der Waals surface area contributed by atoms with Crippen LogP contribution in [-0.2, 0) is 9.53 Å². The van der Waals surface area contributed by atoms with Crippen LogP contribution in [0, 0.1) is 6.92 Å². The minimum Gasteiger partial charge on any atom is -0.494 e. The second kappa shape index (κ2) is 9.66. The highest BCUT2D eigenvalue weighted by Crippen LogP contribution is 2.18. The molecule has 1 aliphatic rings. The van der Waals surface area contributed by atoms with Crippen molar-refractivity contribution >= 4 is 18.3 Å². The van der Waals surface area contributed by atoms with Crippen LogP contribution in [0.4, 0.5) is 0 Å². The first-order valence-electron chi connectivity index (χ1n) is 7.51. The van der Waals surface area contributed by atoms with E-state index in [0.717, 1.165) is 25.0 Å². The molecular weight excluding hydrogens is 304 g/mol. The summed E-state index contributed by atoms with van der Waals surface area (Å²) < 4.78 is 11.1. The van der Waals surface area contributed by atoms with Gasteiger partial charge in [0.2, 0.25) is 5.91 Å². The van der Waals surface area contributed by atoms with Crippen molar-refractivity contribution < 1.29 is 14.3 Å².